The zero-order chi connectivity index (χ0) is 13.7. The van der Waals surface area contributed by atoms with Gasteiger partial charge >= 0.3 is 0 Å². The second-order valence-corrected chi connectivity index (χ2v) is 5.74. The fourth-order valence-electron chi connectivity index (χ4n) is 2.90. The summed E-state index contributed by atoms with van der Waals surface area (Å²) in [5.41, 5.74) is 4.15. The molecule has 1 aliphatic rings. The van der Waals surface area contributed by atoms with Crippen LogP contribution in [0.2, 0.25) is 0 Å². The van der Waals surface area contributed by atoms with Crippen LogP contribution in [-0.4, -0.2) is 12.6 Å². The van der Waals surface area contributed by atoms with Gasteiger partial charge < -0.3 is 4.90 Å². The Balaban J connectivity index is 2.25. The molecule has 0 amide bonds. The third-order valence-corrected chi connectivity index (χ3v) is 3.77. The Morgan fingerprint density at radius 3 is 2.74 bits per heavy atom. The van der Waals surface area contributed by atoms with Gasteiger partial charge in [-0.15, -0.1) is 6.58 Å². The summed E-state index contributed by atoms with van der Waals surface area (Å²) < 4.78 is 0. The maximum atomic E-state index is 4.11. The zero-order valence-electron chi connectivity index (χ0n) is 12.2. The summed E-state index contributed by atoms with van der Waals surface area (Å²) >= 11 is 0. The smallest absolute Gasteiger partial charge is 0.0368 e. The van der Waals surface area contributed by atoms with Gasteiger partial charge in [-0.3, -0.25) is 0 Å². The van der Waals surface area contributed by atoms with E-state index in [1.54, 1.807) is 0 Å². The van der Waals surface area contributed by atoms with Crippen molar-refractivity contribution in [3.8, 4) is 0 Å². The average Bonchev–Trinajstić information content (AvgIpc) is 2.36. The summed E-state index contributed by atoms with van der Waals surface area (Å²) in [6.07, 6.45) is 7.09. The number of hydrogen-bond donors (Lipinski definition) is 0. The lowest BCUT2D eigenvalue weighted by atomic mass is 9.96. The molecule has 0 bridgehead atoms. The van der Waals surface area contributed by atoms with Crippen molar-refractivity contribution in [1.82, 2.24) is 0 Å². The first-order chi connectivity index (χ1) is 9.16. The largest absolute Gasteiger partial charge is 0.368 e. The summed E-state index contributed by atoms with van der Waals surface area (Å²) in [6, 6.07) is 11.4. The van der Waals surface area contributed by atoms with Gasteiger partial charge in [-0.2, -0.15) is 0 Å². The molecule has 1 aliphatic heterocycles. The van der Waals surface area contributed by atoms with Crippen LogP contribution in [0.25, 0.3) is 0 Å². The fraction of sp³-hybridized carbons (Fsp3) is 0.444. The predicted octanol–water partition coefficient (Wildman–Crippen LogP) is 4.96. The van der Waals surface area contributed by atoms with Gasteiger partial charge in [0, 0.05) is 18.3 Å². The minimum absolute atomic E-state index is 0.552. The molecule has 1 heterocycles. The first-order valence-corrected chi connectivity index (χ1v) is 7.28. The van der Waals surface area contributed by atoms with E-state index < -0.39 is 0 Å². The van der Waals surface area contributed by atoms with Crippen LogP contribution in [0.3, 0.4) is 0 Å². The summed E-state index contributed by atoms with van der Waals surface area (Å²) in [4.78, 5) is 2.57. The quantitative estimate of drug-likeness (QED) is 0.690. The van der Waals surface area contributed by atoms with E-state index in [0.717, 1.165) is 19.4 Å². The Morgan fingerprint density at radius 2 is 2.05 bits per heavy atom. The molecule has 102 valence electrons. The first kappa shape index (κ1) is 13.9. The highest BCUT2D eigenvalue weighted by Crippen LogP contribution is 2.27. The van der Waals surface area contributed by atoms with Crippen LogP contribution in [0.5, 0.6) is 0 Å². The molecular formula is C18H25N. The highest BCUT2D eigenvalue weighted by atomic mass is 15.2. The van der Waals surface area contributed by atoms with Crippen molar-refractivity contribution in [2.45, 2.75) is 45.6 Å². The van der Waals surface area contributed by atoms with E-state index in [4.69, 9.17) is 0 Å². The number of nitrogens with zero attached hydrogens (tertiary/aromatic N) is 1. The molecule has 0 N–H and O–H groups in total. The van der Waals surface area contributed by atoms with Crippen molar-refractivity contribution >= 4 is 5.69 Å². The molecule has 19 heavy (non-hydrogen) atoms. The summed E-state index contributed by atoms with van der Waals surface area (Å²) in [6.45, 7) is 9.66. The van der Waals surface area contributed by atoms with E-state index in [9.17, 15) is 0 Å². The third kappa shape index (κ3) is 3.99. The van der Waals surface area contributed by atoms with Crippen LogP contribution in [0.4, 0.5) is 5.69 Å². The van der Waals surface area contributed by atoms with E-state index >= 15 is 0 Å². The number of hydrogen-bond acceptors (Lipinski definition) is 1. The van der Waals surface area contributed by atoms with Gasteiger partial charge in [-0.05, 0) is 51.7 Å². The van der Waals surface area contributed by atoms with Gasteiger partial charge in [-0.1, -0.05) is 35.4 Å². The monoisotopic (exact) mass is 255 g/mol. The average molecular weight is 255 g/mol. The molecule has 1 aromatic carbocycles. The molecule has 0 aromatic heterocycles. The minimum Gasteiger partial charge on any atom is -0.368 e. The number of anilines is 1. The van der Waals surface area contributed by atoms with Crippen molar-refractivity contribution in [3.05, 3.63) is 54.1 Å². The second kappa shape index (κ2) is 6.60. The van der Waals surface area contributed by atoms with E-state index in [1.807, 2.05) is 0 Å². The Bertz CT molecular complexity index is 444. The van der Waals surface area contributed by atoms with Crippen molar-refractivity contribution < 1.29 is 0 Å². The van der Waals surface area contributed by atoms with Crippen LogP contribution < -0.4 is 4.90 Å². The summed E-state index contributed by atoms with van der Waals surface area (Å²) in [5.74, 6) is 0. The lowest BCUT2D eigenvalue weighted by Crippen LogP contribution is -2.37. The maximum Gasteiger partial charge on any atom is 0.0368 e. The lowest BCUT2D eigenvalue weighted by molar-refractivity contribution is 0.555. The lowest BCUT2D eigenvalue weighted by Gasteiger charge is -2.35. The van der Waals surface area contributed by atoms with Gasteiger partial charge in [0.2, 0.25) is 0 Å². The first-order valence-electron chi connectivity index (χ1n) is 7.28. The molecule has 2 rings (SSSR count). The van der Waals surface area contributed by atoms with Crippen molar-refractivity contribution in [2.24, 2.45) is 0 Å². The van der Waals surface area contributed by atoms with Gasteiger partial charge in [-0.25, -0.2) is 0 Å². The van der Waals surface area contributed by atoms with E-state index in [2.05, 4.69) is 61.7 Å². The SMILES string of the molecule is C=C(C)C[C@@H]1C/C(C)=C\CCCN1c1ccccc1. The molecule has 1 atom stereocenters. The van der Waals surface area contributed by atoms with Gasteiger partial charge in [0.1, 0.15) is 0 Å². The van der Waals surface area contributed by atoms with Gasteiger partial charge in [0.25, 0.3) is 0 Å². The summed E-state index contributed by atoms with van der Waals surface area (Å²) in [7, 11) is 0. The predicted molar refractivity (Wildman–Crippen MR) is 84.6 cm³/mol. The molecule has 0 saturated heterocycles. The van der Waals surface area contributed by atoms with Gasteiger partial charge in [0.05, 0.1) is 0 Å². The molecule has 1 heteroatoms. The molecule has 0 fully saturated rings. The highest BCUT2D eigenvalue weighted by molar-refractivity contribution is 5.47. The van der Waals surface area contributed by atoms with Crippen molar-refractivity contribution in [1.29, 1.82) is 0 Å². The number of allylic oxidation sites excluding steroid dienone is 1. The van der Waals surface area contributed by atoms with E-state index in [0.29, 0.717) is 6.04 Å². The summed E-state index contributed by atoms with van der Waals surface area (Å²) in [5, 5.41) is 0. The molecule has 1 nitrogen and oxygen atoms in total. The third-order valence-electron chi connectivity index (χ3n) is 3.77. The van der Waals surface area contributed by atoms with Gasteiger partial charge in [0.15, 0.2) is 0 Å². The highest BCUT2D eigenvalue weighted by Gasteiger charge is 2.20. The minimum atomic E-state index is 0.552. The fourth-order valence-corrected chi connectivity index (χ4v) is 2.90. The van der Waals surface area contributed by atoms with Crippen LogP contribution in [0.1, 0.15) is 39.5 Å². The van der Waals surface area contributed by atoms with E-state index in [-0.39, 0.29) is 0 Å². The number of rotatable bonds is 3. The molecule has 1 aromatic rings. The van der Waals surface area contributed by atoms with Crippen LogP contribution in [0, 0.1) is 0 Å². The van der Waals surface area contributed by atoms with Crippen LogP contribution in [0.15, 0.2) is 54.1 Å². The Labute approximate surface area is 117 Å². The van der Waals surface area contributed by atoms with Crippen LogP contribution >= 0.6 is 0 Å². The molecular weight excluding hydrogens is 230 g/mol. The van der Waals surface area contributed by atoms with Crippen molar-refractivity contribution in [3.63, 3.8) is 0 Å². The molecule has 0 radical (unpaired) electrons. The Morgan fingerprint density at radius 1 is 1.32 bits per heavy atom. The number of benzene rings is 1. The maximum absolute atomic E-state index is 4.11. The molecule has 0 aliphatic carbocycles. The normalized spacial score (nSPS) is 23.2. The van der Waals surface area contributed by atoms with Crippen molar-refractivity contribution in [2.75, 3.05) is 11.4 Å². The molecule has 0 saturated carbocycles. The van der Waals surface area contributed by atoms with Crippen LogP contribution in [-0.2, 0) is 0 Å². The molecule has 0 spiro atoms. The Kier molecular flexibility index (Phi) is 4.84. The number of para-hydroxylation sites is 1. The molecule has 0 unspecified atom stereocenters. The standard InChI is InChI=1S/C18H25N/c1-15(2)13-18-14-16(3)9-7-8-12-19(18)17-10-5-4-6-11-17/h4-6,9-11,18H,1,7-8,12-14H2,2-3H3/b16-9-/t18-/m1/s1. The second-order valence-electron chi connectivity index (χ2n) is 5.74. The van der Waals surface area contributed by atoms with E-state index in [1.165, 1.54) is 29.7 Å². The Hall–Kier alpha value is -1.50. The topological polar surface area (TPSA) is 3.24 Å². The zero-order valence-corrected chi connectivity index (χ0v) is 12.2.